The van der Waals surface area contributed by atoms with Crippen LogP contribution in [0.4, 0.5) is 0 Å². The summed E-state index contributed by atoms with van der Waals surface area (Å²) < 4.78 is 3.63. The summed E-state index contributed by atoms with van der Waals surface area (Å²) in [5.74, 6) is 4.07. The van der Waals surface area contributed by atoms with Gasteiger partial charge >= 0.3 is 0 Å². The number of fused-ring (bicyclic) bond motifs is 16. The van der Waals surface area contributed by atoms with Gasteiger partial charge in [0.2, 0.25) is 0 Å². The van der Waals surface area contributed by atoms with Gasteiger partial charge in [0.25, 0.3) is 0 Å². The first kappa shape index (κ1) is 29.1. The minimum Gasteiger partial charge on any atom is -0.208 e. The molecular weight excluding hydrogens is 880 g/mol. The molecule has 5 heterocycles. The van der Waals surface area contributed by atoms with Crippen molar-refractivity contribution in [3.05, 3.63) is 135 Å². The van der Waals surface area contributed by atoms with Gasteiger partial charge in [-0.2, -0.15) is 0 Å². The van der Waals surface area contributed by atoms with Crippen LogP contribution in [0.5, 0.6) is 0 Å². The van der Waals surface area contributed by atoms with Gasteiger partial charge in [0.1, 0.15) is 0 Å². The molecule has 0 amide bonds. The van der Waals surface area contributed by atoms with E-state index in [9.17, 15) is 0 Å². The van der Waals surface area contributed by atoms with Gasteiger partial charge in [-0.1, -0.05) is 63.7 Å². The second kappa shape index (κ2) is 10.9. The second-order valence-electron chi connectivity index (χ2n) is 10.2. The van der Waals surface area contributed by atoms with Crippen molar-refractivity contribution in [3.63, 3.8) is 0 Å². The molecule has 8 nitrogen and oxygen atoms in total. The third-order valence-electron chi connectivity index (χ3n) is 7.55. The van der Waals surface area contributed by atoms with E-state index >= 15 is 0 Å². The first-order chi connectivity index (χ1) is 21.4. The Morgan fingerprint density at radius 3 is 0.644 bits per heavy atom. The average molecular weight is 892 g/mol. The van der Waals surface area contributed by atoms with Crippen LogP contribution in [0, 0.1) is 0 Å². The second-order valence-corrected chi connectivity index (χ2v) is 13.9. The Hall–Kier alpha value is -3.32. The van der Waals surface area contributed by atoms with Gasteiger partial charge in [-0.25, -0.2) is 39.9 Å². The molecule has 8 bridgehead atoms. The zero-order chi connectivity index (χ0) is 29.7. The molecule has 219 valence electrons. The standard InChI is InChI=1S/C32H12Br4N8.Cu/c33-13-1-5-17-21(9-13)29-37-25(17)41-30-22-10-14(34)2-6-18(22)27(38-30)43-32-24-12-16(36)4-8-20(24)28(40-32)44-31-23-11-15(35)3-7-19(23)26(39-31)42-29;/h1-12H;. The summed E-state index contributed by atoms with van der Waals surface area (Å²) >= 11 is 14.5. The average Bonchev–Trinajstić information content (AvgIpc) is 3.71. The van der Waals surface area contributed by atoms with E-state index in [0.717, 1.165) is 62.4 Å². The van der Waals surface area contributed by atoms with Gasteiger partial charge < -0.3 is 0 Å². The van der Waals surface area contributed by atoms with Crippen molar-refractivity contribution >= 4 is 110 Å². The van der Waals surface area contributed by atoms with Crippen molar-refractivity contribution in [2.24, 2.45) is 39.9 Å². The van der Waals surface area contributed by atoms with Gasteiger partial charge in [0.05, 0.1) is 0 Å². The SMILES string of the molecule is Brc1ccc2c(c1)C1=NC2=NC2=NC(=NC3=NC(=NC4=NC(=N1)c1ccc(Br)cc14)c1ccc(Br)cc13)c1ccc(Br)cc12.[Cu]. The summed E-state index contributed by atoms with van der Waals surface area (Å²) in [7, 11) is 0. The molecule has 4 aromatic carbocycles. The number of amidine groups is 8. The quantitative estimate of drug-likeness (QED) is 0.161. The Labute approximate surface area is 300 Å². The topological polar surface area (TPSA) is 98.9 Å². The predicted octanol–water partition coefficient (Wildman–Crippen LogP) is 7.88. The van der Waals surface area contributed by atoms with Crippen molar-refractivity contribution in [3.8, 4) is 0 Å². The third kappa shape index (κ3) is 4.79. The number of hydrogen-bond donors (Lipinski definition) is 0. The summed E-state index contributed by atoms with van der Waals surface area (Å²) in [6.45, 7) is 0. The molecule has 13 heteroatoms. The molecule has 0 aromatic heterocycles. The van der Waals surface area contributed by atoms with Crippen LogP contribution in [0.2, 0.25) is 0 Å². The Bertz CT molecular complexity index is 2010. The van der Waals surface area contributed by atoms with Gasteiger partial charge in [0.15, 0.2) is 46.7 Å². The molecule has 0 saturated carbocycles. The molecule has 0 aliphatic carbocycles. The third-order valence-corrected chi connectivity index (χ3v) is 9.52. The smallest absolute Gasteiger partial charge is 0.164 e. The van der Waals surface area contributed by atoms with E-state index in [0.29, 0.717) is 46.7 Å². The van der Waals surface area contributed by atoms with Gasteiger partial charge in [0, 0.05) is 79.5 Å². The minimum absolute atomic E-state index is 0. The van der Waals surface area contributed by atoms with Crippen molar-refractivity contribution in [2.45, 2.75) is 0 Å². The Morgan fingerprint density at radius 1 is 0.267 bits per heavy atom. The number of rotatable bonds is 0. The first-order valence-corrected chi connectivity index (χ1v) is 16.5. The first-order valence-electron chi connectivity index (χ1n) is 13.3. The summed E-state index contributed by atoms with van der Waals surface area (Å²) in [5.41, 5.74) is 6.77. The fraction of sp³-hybridized carbons (Fsp3) is 0. The Morgan fingerprint density at radius 2 is 0.444 bits per heavy atom. The molecule has 0 saturated heterocycles. The van der Waals surface area contributed by atoms with Gasteiger partial charge in [-0.05, 0) is 72.8 Å². The van der Waals surface area contributed by atoms with Crippen LogP contribution in [0.1, 0.15) is 44.5 Å². The fourth-order valence-corrected chi connectivity index (χ4v) is 7.00. The van der Waals surface area contributed by atoms with Crippen LogP contribution in [0.15, 0.2) is 131 Å². The Kier molecular flexibility index (Phi) is 7.05. The number of nitrogens with zero attached hydrogens (tertiary/aromatic N) is 8. The molecule has 0 N–H and O–H groups in total. The van der Waals surface area contributed by atoms with Crippen LogP contribution < -0.4 is 0 Å². The molecule has 0 unspecified atom stereocenters. The van der Waals surface area contributed by atoms with Crippen molar-refractivity contribution in [1.29, 1.82) is 0 Å². The molecule has 1 radical (unpaired) electrons. The van der Waals surface area contributed by atoms with Crippen molar-refractivity contribution < 1.29 is 17.1 Å². The van der Waals surface area contributed by atoms with E-state index in [1.165, 1.54) is 0 Å². The van der Waals surface area contributed by atoms with E-state index in [2.05, 4.69) is 63.7 Å². The molecule has 4 aromatic rings. The number of halogens is 4. The monoisotopic (exact) mass is 887 g/mol. The molecule has 5 aliphatic rings. The van der Waals surface area contributed by atoms with Crippen LogP contribution in [-0.2, 0) is 17.1 Å². The van der Waals surface area contributed by atoms with E-state index in [1.807, 2.05) is 72.8 Å². The normalized spacial score (nSPS) is 16.4. The zero-order valence-electron chi connectivity index (χ0n) is 22.3. The maximum Gasteiger partial charge on any atom is 0.164 e. The number of benzene rings is 4. The molecule has 9 rings (SSSR count). The molecule has 0 atom stereocenters. The fourth-order valence-electron chi connectivity index (χ4n) is 5.55. The summed E-state index contributed by atoms with van der Waals surface area (Å²) in [5, 5.41) is 0. The Balaban J connectivity index is 0.00000300. The van der Waals surface area contributed by atoms with Crippen LogP contribution >= 0.6 is 63.7 Å². The molecule has 5 aliphatic heterocycles. The zero-order valence-corrected chi connectivity index (χ0v) is 29.6. The molecule has 45 heavy (non-hydrogen) atoms. The molecular formula is C32H12Br4CuN8. The number of aliphatic imine (C=N–C) groups is 8. The predicted molar refractivity (Wildman–Crippen MR) is 189 cm³/mol. The molecule has 0 spiro atoms. The van der Waals surface area contributed by atoms with Crippen LogP contribution in [-0.4, -0.2) is 46.7 Å². The van der Waals surface area contributed by atoms with E-state index < -0.39 is 0 Å². The van der Waals surface area contributed by atoms with Crippen LogP contribution in [0.3, 0.4) is 0 Å². The van der Waals surface area contributed by atoms with Crippen LogP contribution in [0.25, 0.3) is 0 Å². The summed E-state index contributed by atoms with van der Waals surface area (Å²) in [6, 6.07) is 23.8. The van der Waals surface area contributed by atoms with Gasteiger partial charge in [-0.3, -0.25) is 0 Å². The molecule has 0 fully saturated rings. The minimum atomic E-state index is 0. The van der Waals surface area contributed by atoms with Gasteiger partial charge in [-0.15, -0.1) is 0 Å². The largest absolute Gasteiger partial charge is 0.208 e. The number of hydrogen-bond acceptors (Lipinski definition) is 8. The van der Waals surface area contributed by atoms with E-state index in [-0.39, 0.29) is 17.1 Å². The summed E-state index contributed by atoms with van der Waals surface area (Å²) in [4.78, 5) is 39.6. The van der Waals surface area contributed by atoms with Crippen molar-refractivity contribution in [1.82, 2.24) is 0 Å². The van der Waals surface area contributed by atoms with E-state index in [1.54, 1.807) is 0 Å². The summed E-state index contributed by atoms with van der Waals surface area (Å²) in [6.07, 6.45) is 0. The maximum absolute atomic E-state index is 5.00. The maximum atomic E-state index is 5.00. The van der Waals surface area contributed by atoms with Crippen molar-refractivity contribution in [2.75, 3.05) is 0 Å². The van der Waals surface area contributed by atoms with E-state index in [4.69, 9.17) is 39.9 Å².